The summed E-state index contributed by atoms with van der Waals surface area (Å²) in [6.07, 6.45) is 3.18. The van der Waals surface area contributed by atoms with E-state index in [2.05, 4.69) is 0 Å². The molecule has 14 heteroatoms. The molecule has 218 valence electrons. The van der Waals surface area contributed by atoms with E-state index in [0.717, 1.165) is 28.4 Å². The largest absolute Gasteiger partial charge is 0.497 e. The Morgan fingerprint density at radius 3 is 2.28 bits per heavy atom. The number of carbonyl (C=O) groups excluding carboxylic acids is 1. The first kappa shape index (κ1) is 29.4. The first-order valence-corrected chi connectivity index (χ1v) is 14.8. The second kappa shape index (κ2) is 12.0. The van der Waals surface area contributed by atoms with Gasteiger partial charge in [-0.1, -0.05) is 53.8 Å². The highest BCUT2D eigenvalue weighted by atomic mass is 32.2. The van der Waals surface area contributed by atoms with E-state index in [1.807, 2.05) is 36.6 Å². The van der Waals surface area contributed by atoms with Gasteiger partial charge in [0.1, 0.15) is 0 Å². The fourth-order valence-corrected chi connectivity index (χ4v) is 6.09. The standard InChI is InChI=1S/C29H22N4O8S2/c1-3-41-28(36)23-24(17-7-5-4-6-8-17)30-29-31(25(23)18-9-11-19(42-2)12-10-18)27(35)22(43-29)15-16-13-20(32(37)38)26(34)21(14-16)33(39)40/h4-15,25,34H,3H2,1-2H3/b22-15-/t25-/m0/s1. The van der Waals surface area contributed by atoms with E-state index < -0.39 is 44.5 Å². The lowest BCUT2D eigenvalue weighted by Gasteiger charge is -2.26. The van der Waals surface area contributed by atoms with Crippen LogP contribution in [-0.4, -0.2) is 38.4 Å². The predicted molar refractivity (Wildman–Crippen MR) is 161 cm³/mol. The van der Waals surface area contributed by atoms with E-state index in [1.54, 1.807) is 31.2 Å². The Labute approximate surface area is 251 Å². The minimum atomic E-state index is -1.09. The Balaban J connectivity index is 1.83. The number of rotatable bonds is 8. The molecule has 4 aromatic rings. The maximum atomic E-state index is 14.0. The van der Waals surface area contributed by atoms with E-state index in [9.17, 15) is 34.9 Å². The first-order valence-electron chi connectivity index (χ1n) is 12.7. The van der Waals surface area contributed by atoms with Crippen LogP contribution in [-0.2, 0) is 9.53 Å². The summed E-state index contributed by atoms with van der Waals surface area (Å²) in [6.45, 7) is 1.76. The second-order valence-corrected chi connectivity index (χ2v) is 11.0. The minimum absolute atomic E-state index is 0.0461. The monoisotopic (exact) mass is 618 g/mol. The maximum absolute atomic E-state index is 14.0. The normalized spacial score (nSPS) is 14.7. The number of aromatic nitrogens is 1. The molecule has 1 aliphatic rings. The zero-order chi connectivity index (χ0) is 30.8. The number of nitro groups is 2. The number of fused-ring (bicyclic) bond motifs is 1. The SMILES string of the molecule is CCOC(=O)C1=C(c2ccccc2)N=c2s/c(=C\c3cc([N+](=O)[O-])c(O)c([N+](=O)[O-])c3)c(=O)n2[C@H]1c1ccc(SC)cc1. The second-order valence-electron chi connectivity index (χ2n) is 9.13. The molecule has 12 nitrogen and oxygen atoms in total. The van der Waals surface area contributed by atoms with Crippen LogP contribution in [0, 0.1) is 20.2 Å². The van der Waals surface area contributed by atoms with E-state index >= 15 is 0 Å². The number of nitro benzene ring substituents is 2. The topological polar surface area (TPSA) is 167 Å². The molecule has 0 spiro atoms. The fourth-order valence-electron chi connectivity index (χ4n) is 4.68. The number of thioether (sulfide) groups is 1. The van der Waals surface area contributed by atoms with Gasteiger partial charge in [-0.05, 0) is 42.5 Å². The van der Waals surface area contributed by atoms with Gasteiger partial charge in [0.15, 0.2) is 4.80 Å². The number of thiazole rings is 1. The lowest BCUT2D eigenvalue weighted by Crippen LogP contribution is -2.40. The number of hydrogen-bond acceptors (Lipinski definition) is 11. The van der Waals surface area contributed by atoms with Crippen molar-refractivity contribution in [2.45, 2.75) is 17.9 Å². The quantitative estimate of drug-likeness (QED) is 0.132. The Hall–Kier alpha value is -5.08. The smallest absolute Gasteiger partial charge is 0.338 e. The summed E-state index contributed by atoms with van der Waals surface area (Å²) < 4.78 is 6.84. The molecule has 0 radical (unpaired) electrons. The summed E-state index contributed by atoms with van der Waals surface area (Å²) in [5.41, 5.74) is -0.662. The van der Waals surface area contributed by atoms with Crippen LogP contribution in [0.5, 0.6) is 5.75 Å². The van der Waals surface area contributed by atoms with Gasteiger partial charge in [-0.3, -0.25) is 29.6 Å². The zero-order valence-corrected chi connectivity index (χ0v) is 24.3. The molecule has 0 fully saturated rings. The fraction of sp³-hybridized carbons (Fsp3) is 0.138. The number of nitrogens with zero attached hydrogens (tertiary/aromatic N) is 4. The molecule has 0 amide bonds. The molecule has 0 aliphatic carbocycles. The van der Waals surface area contributed by atoms with Gasteiger partial charge in [0, 0.05) is 22.6 Å². The first-order chi connectivity index (χ1) is 20.6. The number of hydrogen-bond donors (Lipinski definition) is 1. The molecular weight excluding hydrogens is 596 g/mol. The average molecular weight is 619 g/mol. The van der Waals surface area contributed by atoms with Crippen LogP contribution in [0.4, 0.5) is 11.4 Å². The Morgan fingerprint density at radius 1 is 1.09 bits per heavy atom. The third kappa shape index (κ3) is 5.57. The third-order valence-corrected chi connectivity index (χ3v) is 8.31. The van der Waals surface area contributed by atoms with E-state index in [4.69, 9.17) is 9.73 Å². The molecule has 1 aromatic heterocycles. The Morgan fingerprint density at radius 2 is 1.72 bits per heavy atom. The lowest BCUT2D eigenvalue weighted by atomic mass is 9.93. The van der Waals surface area contributed by atoms with Gasteiger partial charge in [-0.15, -0.1) is 11.8 Å². The molecule has 1 aliphatic heterocycles. The van der Waals surface area contributed by atoms with E-state index in [-0.39, 0.29) is 27.1 Å². The van der Waals surface area contributed by atoms with Gasteiger partial charge in [0.05, 0.1) is 38.3 Å². The van der Waals surface area contributed by atoms with Crippen molar-refractivity contribution in [2.24, 2.45) is 4.99 Å². The molecule has 0 bridgehead atoms. The van der Waals surface area contributed by atoms with Crippen LogP contribution in [0.2, 0.25) is 0 Å². The average Bonchev–Trinajstić information content (AvgIpc) is 3.31. The number of phenolic OH excluding ortho intramolecular Hbond substituents is 1. The Kier molecular flexibility index (Phi) is 8.23. The summed E-state index contributed by atoms with van der Waals surface area (Å²) in [7, 11) is 0. The van der Waals surface area contributed by atoms with Crippen molar-refractivity contribution in [2.75, 3.05) is 12.9 Å². The van der Waals surface area contributed by atoms with Crippen molar-refractivity contribution in [3.05, 3.63) is 129 Å². The van der Waals surface area contributed by atoms with Crippen LogP contribution in [0.15, 0.2) is 87.0 Å². The third-order valence-electron chi connectivity index (χ3n) is 6.59. The lowest BCUT2D eigenvalue weighted by molar-refractivity contribution is -0.396. The molecule has 2 heterocycles. The van der Waals surface area contributed by atoms with Gasteiger partial charge in [-0.25, -0.2) is 9.79 Å². The van der Waals surface area contributed by atoms with Crippen LogP contribution in [0.1, 0.15) is 29.7 Å². The van der Waals surface area contributed by atoms with Crippen molar-refractivity contribution in [1.29, 1.82) is 0 Å². The van der Waals surface area contributed by atoms with Gasteiger partial charge in [0.25, 0.3) is 11.3 Å². The molecular formula is C29H22N4O8S2. The van der Waals surface area contributed by atoms with Crippen LogP contribution >= 0.6 is 23.1 Å². The molecule has 0 saturated carbocycles. The van der Waals surface area contributed by atoms with E-state index in [0.29, 0.717) is 16.8 Å². The van der Waals surface area contributed by atoms with Crippen LogP contribution < -0.4 is 14.9 Å². The van der Waals surface area contributed by atoms with Crippen molar-refractivity contribution in [3.8, 4) is 5.75 Å². The van der Waals surface area contributed by atoms with Crippen molar-refractivity contribution in [1.82, 2.24) is 4.57 Å². The van der Waals surface area contributed by atoms with Gasteiger partial charge in [-0.2, -0.15) is 0 Å². The number of carbonyl (C=O) groups is 1. The molecule has 1 N–H and O–H groups in total. The summed E-state index contributed by atoms with van der Waals surface area (Å²) in [4.78, 5) is 54.5. The maximum Gasteiger partial charge on any atom is 0.338 e. The van der Waals surface area contributed by atoms with Gasteiger partial charge >= 0.3 is 17.3 Å². The number of aromatic hydroxyl groups is 1. The summed E-state index contributed by atoms with van der Waals surface area (Å²) >= 11 is 2.49. The number of ether oxygens (including phenoxy) is 1. The highest BCUT2D eigenvalue weighted by molar-refractivity contribution is 7.98. The molecule has 3 aromatic carbocycles. The van der Waals surface area contributed by atoms with Gasteiger partial charge in [0.2, 0.25) is 0 Å². The summed E-state index contributed by atoms with van der Waals surface area (Å²) in [5.74, 6) is -1.74. The Bertz CT molecular complexity index is 1950. The number of phenols is 1. The predicted octanol–water partition coefficient (Wildman–Crippen LogP) is 4.18. The van der Waals surface area contributed by atoms with Crippen LogP contribution in [0.3, 0.4) is 0 Å². The van der Waals surface area contributed by atoms with Crippen molar-refractivity contribution in [3.63, 3.8) is 0 Å². The van der Waals surface area contributed by atoms with Crippen molar-refractivity contribution < 1.29 is 24.5 Å². The zero-order valence-electron chi connectivity index (χ0n) is 22.6. The number of esters is 1. The minimum Gasteiger partial charge on any atom is -0.497 e. The van der Waals surface area contributed by atoms with E-state index in [1.165, 1.54) is 22.4 Å². The molecule has 5 rings (SSSR count). The molecule has 43 heavy (non-hydrogen) atoms. The number of benzene rings is 3. The highest BCUT2D eigenvalue weighted by Gasteiger charge is 2.35. The molecule has 0 unspecified atom stereocenters. The van der Waals surface area contributed by atoms with Gasteiger partial charge < -0.3 is 9.84 Å². The molecule has 1 atom stereocenters. The molecule has 0 saturated heterocycles. The summed E-state index contributed by atoms with van der Waals surface area (Å²) in [5, 5.41) is 33.0. The van der Waals surface area contributed by atoms with Crippen molar-refractivity contribution >= 4 is 52.2 Å². The van der Waals surface area contributed by atoms with Crippen LogP contribution in [0.25, 0.3) is 11.8 Å². The summed E-state index contributed by atoms with van der Waals surface area (Å²) in [6, 6.07) is 17.3. The highest BCUT2D eigenvalue weighted by Crippen LogP contribution is 2.38.